The van der Waals surface area contributed by atoms with Gasteiger partial charge in [0.15, 0.2) is 0 Å². The number of carbonyl (C=O) groups excluding carboxylic acids is 2. The van der Waals surface area contributed by atoms with Gasteiger partial charge in [0, 0.05) is 33.0 Å². The van der Waals surface area contributed by atoms with Crippen LogP contribution in [0.1, 0.15) is 30.0 Å². The summed E-state index contributed by atoms with van der Waals surface area (Å²) in [6.07, 6.45) is 0.653. The average Bonchev–Trinajstić information content (AvgIpc) is 2.62. The van der Waals surface area contributed by atoms with Crippen LogP contribution >= 0.6 is 0 Å². The summed E-state index contributed by atoms with van der Waals surface area (Å²) in [6, 6.07) is 14.4. The van der Waals surface area contributed by atoms with E-state index in [2.05, 4.69) is 5.32 Å². The molecule has 26 heavy (non-hydrogen) atoms. The Kier molecular flexibility index (Phi) is 7.33. The van der Waals surface area contributed by atoms with Crippen molar-refractivity contribution in [3.63, 3.8) is 0 Å². The number of rotatable bonds is 8. The van der Waals surface area contributed by atoms with E-state index in [0.717, 1.165) is 11.1 Å². The monoisotopic (exact) mass is 356 g/mol. The van der Waals surface area contributed by atoms with E-state index in [1.807, 2.05) is 31.2 Å². The zero-order valence-corrected chi connectivity index (χ0v) is 15.3. The van der Waals surface area contributed by atoms with E-state index in [-0.39, 0.29) is 24.1 Å². The quantitative estimate of drug-likeness (QED) is 0.789. The molecule has 0 atom stereocenters. The van der Waals surface area contributed by atoms with Gasteiger partial charge in [-0.2, -0.15) is 0 Å². The molecule has 0 heterocycles. The maximum Gasteiger partial charge on any atom is 0.222 e. The standard InChI is InChI=1S/C21H25FN2O2/c1-16-7-3-4-9-19(16)15-23-21(26)12-14-24(17(2)25)13-11-18-8-5-6-10-20(18)22/h3-10H,11-15H2,1-2H3,(H,23,26). The Bertz CT molecular complexity index is 761. The molecule has 0 saturated carbocycles. The Balaban J connectivity index is 1.80. The summed E-state index contributed by atoms with van der Waals surface area (Å²) in [4.78, 5) is 25.4. The fourth-order valence-corrected chi connectivity index (χ4v) is 2.71. The number of benzene rings is 2. The summed E-state index contributed by atoms with van der Waals surface area (Å²) in [5.74, 6) is -0.495. The van der Waals surface area contributed by atoms with Crippen molar-refractivity contribution in [2.45, 2.75) is 33.2 Å². The molecule has 2 rings (SSSR count). The van der Waals surface area contributed by atoms with Crippen molar-refractivity contribution in [3.05, 3.63) is 71.0 Å². The minimum Gasteiger partial charge on any atom is -0.352 e. The molecule has 0 aliphatic carbocycles. The van der Waals surface area contributed by atoms with Gasteiger partial charge >= 0.3 is 0 Å². The smallest absolute Gasteiger partial charge is 0.222 e. The first-order valence-corrected chi connectivity index (χ1v) is 8.77. The van der Waals surface area contributed by atoms with Crippen LogP contribution in [0.25, 0.3) is 0 Å². The van der Waals surface area contributed by atoms with Crippen molar-refractivity contribution in [3.8, 4) is 0 Å². The van der Waals surface area contributed by atoms with Crippen molar-refractivity contribution in [1.82, 2.24) is 10.2 Å². The SMILES string of the molecule is CC(=O)N(CCC(=O)NCc1ccccc1C)CCc1ccccc1F. The van der Waals surface area contributed by atoms with Crippen molar-refractivity contribution >= 4 is 11.8 Å². The van der Waals surface area contributed by atoms with E-state index in [4.69, 9.17) is 0 Å². The summed E-state index contributed by atoms with van der Waals surface area (Å²) in [5.41, 5.74) is 2.77. The van der Waals surface area contributed by atoms with Crippen LogP contribution < -0.4 is 5.32 Å². The van der Waals surface area contributed by atoms with Gasteiger partial charge in [-0.05, 0) is 36.1 Å². The fraction of sp³-hybridized carbons (Fsp3) is 0.333. The fourth-order valence-electron chi connectivity index (χ4n) is 2.71. The molecular weight excluding hydrogens is 331 g/mol. The van der Waals surface area contributed by atoms with Crippen LogP contribution in [-0.2, 0) is 22.6 Å². The normalized spacial score (nSPS) is 10.4. The molecule has 0 fully saturated rings. The van der Waals surface area contributed by atoms with Crippen LogP contribution in [-0.4, -0.2) is 29.8 Å². The molecular formula is C21H25FN2O2. The van der Waals surface area contributed by atoms with Gasteiger partial charge in [0.05, 0.1) is 0 Å². The number of halogens is 1. The van der Waals surface area contributed by atoms with Crippen LogP contribution in [0.2, 0.25) is 0 Å². The highest BCUT2D eigenvalue weighted by atomic mass is 19.1. The second kappa shape index (κ2) is 9.70. The number of nitrogens with zero attached hydrogens (tertiary/aromatic N) is 1. The first-order valence-electron chi connectivity index (χ1n) is 8.77. The number of hydrogen-bond donors (Lipinski definition) is 1. The summed E-state index contributed by atoms with van der Waals surface area (Å²) in [6.45, 7) is 4.65. The average molecular weight is 356 g/mol. The van der Waals surface area contributed by atoms with Gasteiger partial charge in [-0.25, -0.2) is 4.39 Å². The maximum absolute atomic E-state index is 13.7. The molecule has 0 radical (unpaired) electrons. The van der Waals surface area contributed by atoms with Crippen molar-refractivity contribution in [1.29, 1.82) is 0 Å². The first-order chi connectivity index (χ1) is 12.5. The van der Waals surface area contributed by atoms with Crippen LogP contribution in [0.3, 0.4) is 0 Å². The predicted octanol–water partition coefficient (Wildman–Crippen LogP) is 3.23. The van der Waals surface area contributed by atoms with Crippen molar-refractivity contribution in [2.24, 2.45) is 0 Å². The third-order valence-corrected chi connectivity index (χ3v) is 4.40. The molecule has 138 valence electrons. The number of amides is 2. The summed E-state index contributed by atoms with van der Waals surface area (Å²) < 4.78 is 13.7. The molecule has 0 aliphatic rings. The van der Waals surface area contributed by atoms with Gasteiger partial charge in [-0.1, -0.05) is 42.5 Å². The first kappa shape index (κ1) is 19.6. The van der Waals surface area contributed by atoms with E-state index in [9.17, 15) is 14.0 Å². The molecule has 2 aromatic rings. The lowest BCUT2D eigenvalue weighted by Gasteiger charge is -2.21. The van der Waals surface area contributed by atoms with Crippen LogP contribution in [0.15, 0.2) is 48.5 Å². The maximum atomic E-state index is 13.7. The predicted molar refractivity (Wildman–Crippen MR) is 100 cm³/mol. The largest absolute Gasteiger partial charge is 0.352 e. The minimum absolute atomic E-state index is 0.106. The Morgan fingerprint density at radius 3 is 2.31 bits per heavy atom. The molecule has 1 N–H and O–H groups in total. The third kappa shape index (κ3) is 5.99. The van der Waals surface area contributed by atoms with Crippen LogP contribution in [0.5, 0.6) is 0 Å². The van der Waals surface area contributed by atoms with E-state index in [1.165, 1.54) is 13.0 Å². The van der Waals surface area contributed by atoms with Gasteiger partial charge in [0.1, 0.15) is 5.82 Å². The van der Waals surface area contributed by atoms with E-state index in [0.29, 0.717) is 31.6 Å². The zero-order valence-electron chi connectivity index (χ0n) is 15.3. The number of carbonyl (C=O) groups is 2. The Morgan fingerprint density at radius 2 is 1.65 bits per heavy atom. The molecule has 0 aromatic heterocycles. The third-order valence-electron chi connectivity index (χ3n) is 4.40. The van der Waals surface area contributed by atoms with E-state index in [1.54, 1.807) is 23.1 Å². The lowest BCUT2D eigenvalue weighted by atomic mass is 10.1. The van der Waals surface area contributed by atoms with Gasteiger partial charge < -0.3 is 10.2 Å². The van der Waals surface area contributed by atoms with E-state index < -0.39 is 0 Å². The van der Waals surface area contributed by atoms with Crippen molar-refractivity contribution in [2.75, 3.05) is 13.1 Å². The second-order valence-electron chi connectivity index (χ2n) is 6.30. The van der Waals surface area contributed by atoms with Gasteiger partial charge in [0.25, 0.3) is 0 Å². The molecule has 0 aliphatic heterocycles. The molecule has 0 unspecified atom stereocenters. The molecule has 2 aromatic carbocycles. The molecule has 2 amide bonds. The number of aryl methyl sites for hydroxylation is 1. The number of nitrogens with one attached hydrogen (secondary N) is 1. The van der Waals surface area contributed by atoms with Gasteiger partial charge in [-0.3, -0.25) is 9.59 Å². The molecule has 5 heteroatoms. The zero-order chi connectivity index (χ0) is 18.9. The topological polar surface area (TPSA) is 49.4 Å². The second-order valence-corrected chi connectivity index (χ2v) is 6.30. The summed E-state index contributed by atoms with van der Waals surface area (Å²) in [5, 5.41) is 2.88. The van der Waals surface area contributed by atoms with Gasteiger partial charge in [0.2, 0.25) is 11.8 Å². The van der Waals surface area contributed by atoms with Crippen molar-refractivity contribution < 1.29 is 14.0 Å². The molecule has 0 spiro atoms. The molecule has 4 nitrogen and oxygen atoms in total. The highest BCUT2D eigenvalue weighted by molar-refractivity contribution is 5.78. The lowest BCUT2D eigenvalue weighted by molar-refractivity contribution is -0.129. The Labute approximate surface area is 154 Å². The highest BCUT2D eigenvalue weighted by Gasteiger charge is 2.12. The van der Waals surface area contributed by atoms with Crippen LogP contribution in [0, 0.1) is 12.7 Å². The summed E-state index contributed by atoms with van der Waals surface area (Å²) in [7, 11) is 0. The highest BCUT2D eigenvalue weighted by Crippen LogP contribution is 2.09. The molecule has 0 bridgehead atoms. The van der Waals surface area contributed by atoms with E-state index >= 15 is 0 Å². The Morgan fingerprint density at radius 1 is 1.00 bits per heavy atom. The van der Waals surface area contributed by atoms with Crippen LogP contribution in [0.4, 0.5) is 4.39 Å². The Hall–Kier alpha value is -2.69. The summed E-state index contributed by atoms with van der Waals surface area (Å²) >= 11 is 0. The number of hydrogen-bond acceptors (Lipinski definition) is 2. The lowest BCUT2D eigenvalue weighted by Crippen LogP contribution is -2.35. The van der Waals surface area contributed by atoms with Gasteiger partial charge in [-0.15, -0.1) is 0 Å². The molecule has 0 saturated heterocycles. The minimum atomic E-state index is -0.271.